The van der Waals surface area contributed by atoms with Crippen LogP contribution in [0.3, 0.4) is 0 Å². The molecule has 2 amide bonds. The summed E-state index contributed by atoms with van der Waals surface area (Å²) >= 11 is 11.7. The van der Waals surface area contributed by atoms with Gasteiger partial charge in [0, 0.05) is 17.2 Å². The van der Waals surface area contributed by atoms with Crippen molar-refractivity contribution in [3.63, 3.8) is 0 Å². The first-order chi connectivity index (χ1) is 12.2. The van der Waals surface area contributed by atoms with Crippen LogP contribution in [0.5, 0.6) is 0 Å². The number of fused-ring (bicyclic) bond motifs is 1. The summed E-state index contributed by atoms with van der Waals surface area (Å²) in [7, 11) is 0. The molecule has 0 unspecified atom stereocenters. The summed E-state index contributed by atoms with van der Waals surface area (Å²) in [6, 6.07) is 6.54. The summed E-state index contributed by atoms with van der Waals surface area (Å²) in [6.45, 7) is 1.01. The van der Waals surface area contributed by atoms with E-state index in [0.29, 0.717) is 5.56 Å². The Kier molecular flexibility index (Phi) is 4.52. The summed E-state index contributed by atoms with van der Waals surface area (Å²) < 4.78 is 0. The number of nitro benzene ring substituents is 1. The molecule has 9 heteroatoms. The third-order valence-electron chi connectivity index (χ3n) is 4.04. The van der Waals surface area contributed by atoms with E-state index in [1.54, 1.807) is 6.92 Å². The highest BCUT2D eigenvalue weighted by molar-refractivity contribution is 6.43. The number of amides is 2. The zero-order chi connectivity index (χ0) is 19.2. The quantitative estimate of drug-likeness (QED) is 0.342. The molecule has 26 heavy (non-hydrogen) atoms. The molecule has 0 spiro atoms. The van der Waals surface area contributed by atoms with E-state index in [1.165, 1.54) is 24.3 Å². The average Bonchev–Trinajstić information content (AvgIpc) is 2.80. The third-order valence-corrected chi connectivity index (χ3v) is 4.76. The van der Waals surface area contributed by atoms with Gasteiger partial charge in [-0.2, -0.15) is 0 Å². The summed E-state index contributed by atoms with van der Waals surface area (Å²) in [4.78, 5) is 48.4. The average molecular weight is 393 g/mol. The van der Waals surface area contributed by atoms with Crippen molar-refractivity contribution in [2.24, 2.45) is 0 Å². The van der Waals surface area contributed by atoms with E-state index in [9.17, 15) is 24.5 Å². The fourth-order valence-electron chi connectivity index (χ4n) is 2.64. The lowest BCUT2D eigenvalue weighted by Gasteiger charge is -2.12. The Balaban J connectivity index is 1.89. The van der Waals surface area contributed by atoms with Crippen LogP contribution in [0.1, 0.15) is 36.6 Å². The Morgan fingerprint density at radius 3 is 2.12 bits per heavy atom. The molecule has 0 N–H and O–H groups in total. The van der Waals surface area contributed by atoms with Crippen LogP contribution < -0.4 is 0 Å². The number of nitro groups is 1. The molecule has 0 aliphatic carbocycles. The van der Waals surface area contributed by atoms with Gasteiger partial charge in [0.15, 0.2) is 5.78 Å². The van der Waals surface area contributed by atoms with E-state index in [2.05, 4.69) is 0 Å². The van der Waals surface area contributed by atoms with Crippen LogP contribution in [-0.4, -0.2) is 34.0 Å². The first-order valence-corrected chi connectivity index (χ1v) is 8.09. The minimum absolute atomic E-state index is 0.0370. The first kappa shape index (κ1) is 18.0. The number of hydrogen-bond donors (Lipinski definition) is 0. The van der Waals surface area contributed by atoms with Crippen molar-refractivity contribution < 1.29 is 19.3 Å². The molecule has 0 saturated heterocycles. The number of benzene rings is 2. The molecule has 1 heterocycles. The number of nitrogens with zero attached hydrogens (tertiary/aromatic N) is 2. The summed E-state index contributed by atoms with van der Waals surface area (Å²) in [6.07, 6.45) is 0. The number of carbonyl (C=O) groups is 3. The number of aryl methyl sites for hydroxylation is 1. The predicted molar refractivity (Wildman–Crippen MR) is 94.0 cm³/mol. The maximum Gasteiger partial charge on any atom is 0.273 e. The Morgan fingerprint density at radius 2 is 1.62 bits per heavy atom. The predicted octanol–water partition coefficient (Wildman–Crippen LogP) is 3.69. The Morgan fingerprint density at radius 1 is 1.08 bits per heavy atom. The maximum atomic E-state index is 12.4. The molecule has 3 rings (SSSR count). The highest BCUT2D eigenvalue weighted by atomic mass is 35.5. The SMILES string of the molecule is Cc1ccc(C(=O)CN2C(=O)c3cc(Cl)c(Cl)cc3C2=O)cc1[N+](=O)[O-]. The molecule has 0 aromatic heterocycles. The molecule has 0 atom stereocenters. The van der Waals surface area contributed by atoms with E-state index >= 15 is 0 Å². The minimum Gasteiger partial charge on any atom is -0.292 e. The lowest BCUT2D eigenvalue weighted by molar-refractivity contribution is -0.385. The molecule has 0 bridgehead atoms. The van der Waals surface area contributed by atoms with Gasteiger partial charge in [-0.3, -0.25) is 29.4 Å². The van der Waals surface area contributed by atoms with E-state index in [-0.39, 0.29) is 32.4 Å². The van der Waals surface area contributed by atoms with Gasteiger partial charge >= 0.3 is 0 Å². The second-order valence-corrected chi connectivity index (χ2v) is 6.50. The van der Waals surface area contributed by atoms with E-state index in [1.807, 2.05) is 0 Å². The van der Waals surface area contributed by atoms with Crippen LogP contribution in [0.4, 0.5) is 5.69 Å². The highest BCUT2D eigenvalue weighted by Crippen LogP contribution is 2.31. The molecule has 7 nitrogen and oxygen atoms in total. The van der Waals surface area contributed by atoms with Gasteiger partial charge in [0.2, 0.25) is 0 Å². The molecule has 2 aromatic rings. The molecular weight excluding hydrogens is 383 g/mol. The van der Waals surface area contributed by atoms with Crippen LogP contribution in [-0.2, 0) is 0 Å². The van der Waals surface area contributed by atoms with Crippen molar-refractivity contribution in [1.82, 2.24) is 4.90 Å². The van der Waals surface area contributed by atoms with Crippen molar-refractivity contribution in [2.75, 3.05) is 6.54 Å². The van der Waals surface area contributed by atoms with Gasteiger partial charge < -0.3 is 0 Å². The number of hydrogen-bond acceptors (Lipinski definition) is 5. The number of halogens is 2. The topological polar surface area (TPSA) is 97.6 Å². The van der Waals surface area contributed by atoms with Gasteiger partial charge in [-0.1, -0.05) is 35.3 Å². The Labute approximate surface area is 157 Å². The lowest BCUT2D eigenvalue weighted by Crippen LogP contribution is -2.34. The van der Waals surface area contributed by atoms with Crippen molar-refractivity contribution in [3.05, 3.63) is 72.7 Å². The van der Waals surface area contributed by atoms with Gasteiger partial charge in [-0.15, -0.1) is 0 Å². The number of imide groups is 1. The number of ketones is 1. The van der Waals surface area contributed by atoms with Gasteiger partial charge in [-0.25, -0.2) is 0 Å². The first-order valence-electron chi connectivity index (χ1n) is 7.34. The van der Waals surface area contributed by atoms with Crippen molar-refractivity contribution in [1.29, 1.82) is 0 Å². The molecular formula is C17H10Cl2N2O5. The van der Waals surface area contributed by atoms with Crippen LogP contribution in [0, 0.1) is 17.0 Å². The van der Waals surface area contributed by atoms with Gasteiger partial charge in [0.25, 0.3) is 17.5 Å². The number of rotatable bonds is 4. The summed E-state index contributed by atoms with van der Waals surface area (Å²) in [5.41, 5.74) is 0.349. The second kappa shape index (κ2) is 6.51. The van der Waals surface area contributed by atoms with Crippen molar-refractivity contribution in [2.45, 2.75) is 6.92 Å². The smallest absolute Gasteiger partial charge is 0.273 e. The standard InChI is InChI=1S/C17H10Cl2N2O5/c1-8-2-3-9(4-14(8)21(25)26)15(22)7-20-16(23)10-5-12(18)13(19)6-11(10)17(20)24/h2-6H,7H2,1H3. The molecule has 1 aliphatic heterocycles. The molecule has 2 aromatic carbocycles. The Hall–Kier alpha value is -2.77. The lowest BCUT2D eigenvalue weighted by atomic mass is 10.1. The van der Waals surface area contributed by atoms with Crippen LogP contribution in [0.15, 0.2) is 30.3 Å². The zero-order valence-corrected chi connectivity index (χ0v) is 14.8. The van der Waals surface area contributed by atoms with Gasteiger partial charge in [-0.05, 0) is 19.1 Å². The summed E-state index contributed by atoms with van der Waals surface area (Å²) in [5, 5.41) is 11.2. The fraction of sp³-hybridized carbons (Fsp3) is 0.118. The van der Waals surface area contributed by atoms with Crippen LogP contribution in [0.25, 0.3) is 0 Å². The molecule has 0 radical (unpaired) electrons. The van der Waals surface area contributed by atoms with E-state index in [0.717, 1.165) is 11.0 Å². The monoisotopic (exact) mass is 392 g/mol. The Bertz CT molecular complexity index is 962. The van der Waals surface area contributed by atoms with Gasteiger partial charge in [0.05, 0.1) is 32.6 Å². The molecule has 0 fully saturated rings. The fourth-order valence-corrected chi connectivity index (χ4v) is 2.97. The third kappa shape index (κ3) is 2.95. The number of Topliss-reactive ketones (excluding diaryl/α,β-unsaturated/α-hetero) is 1. The maximum absolute atomic E-state index is 12.4. The highest BCUT2D eigenvalue weighted by Gasteiger charge is 2.37. The second-order valence-electron chi connectivity index (χ2n) is 5.69. The molecule has 0 saturated carbocycles. The molecule has 1 aliphatic rings. The van der Waals surface area contributed by atoms with Crippen molar-refractivity contribution >= 4 is 46.5 Å². The van der Waals surface area contributed by atoms with Crippen LogP contribution in [0.2, 0.25) is 10.0 Å². The van der Waals surface area contributed by atoms with E-state index in [4.69, 9.17) is 23.2 Å². The van der Waals surface area contributed by atoms with Crippen LogP contribution >= 0.6 is 23.2 Å². The largest absolute Gasteiger partial charge is 0.292 e. The normalized spacial score (nSPS) is 13.1. The van der Waals surface area contributed by atoms with Gasteiger partial charge in [0.1, 0.15) is 0 Å². The van der Waals surface area contributed by atoms with Crippen molar-refractivity contribution in [3.8, 4) is 0 Å². The summed E-state index contributed by atoms with van der Waals surface area (Å²) in [5.74, 6) is -1.93. The van der Waals surface area contributed by atoms with E-state index < -0.39 is 29.1 Å². The molecule has 132 valence electrons. The number of carbonyl (C=O) groups excluding carboxylic acids is 3. The zero-order valence-electron chi connectivity index (χ0n) is 13.3. The minimum atomic E-state index is -0.668.